The summed E-state index contributed by atoms with van der Waals surface area (Å²) in [5, 5.41) is 9.10. The summed E-state index contributed by atoms with van der Waals surface area (Å²) in [5.41, 5.74) is 2.01. The molecule has 0 saturated carbocycles. The molecule has 2 aromatic carbocycles. The van der Waals surface area contributed by atoms with Crippen molar-refractivity contribution in [1.29, 1.82) is 0 Å². The number of anilines is 2. The van der Waals surface area contributed by atoms with E-state index in [9.17, 15) is 14.0 Å². The number of carbonyl (C=O) groups is 2. The maximum Gasteiger partial charge on any atom is 0.263 e. The van der Waals surface area contributed by atoms with Crippen LogP contribution in [-0.2, 0) is 16.0 Å². The molecule has 0 aromatic heterocycles. The summed E-state index contributed by atoms with van der Waals surface area (Å²) in [6, 6.07) is 9.41. The first-order chi connectivity index (χ1) is 12.5. The van der Waals surface area contributed by atoms with E-state index in [1.54, 1.807) is 12.1 Å². The maximum absolute atomic E-state index is 13.4. The van der Waals surface area contributed by atoms with Crippen molar-refractivity contribution < 1.29 is 14.0 Å². The number of aryl methyl sites for hydroxylation is 1. The Morgan fingerprint density at radius 3 is 2.42 bits per heavy atom. The normalized spacial score (nSPS) is 21.7. The lowest BCUT2D eigenvalue weighted by Gasteiger charge is -2.21. The molecule has 2 amide bonds. The highest BCUT2D eigenvalue weighted by atomic mass is 35.5. The first kappa shape index (κ1) is 16.7. The average Bonchev–Trinajstić information content (AvgIpc) is 3.18. The molecule has 2 heterocycles. The van der Waals surface area contributed by atoms with Gasteiger partial charge in [0.15, 0.2) is 12.1 Å². The van der Waals surface area contributed by atoms with Crippen LogP contribution >= 0.6 is 11.6 Å². The fourth-order valence-electron chi connectivity index (χ4n) is 3.14. The minimum absolute atomic E-state index is 0.0927. The third-order valence-corrected chi connectivity index (χ3v) is 4.84. The Balaban J connectivity index is 1.67. The Morgan fingerprint density at radius 1 is 1.08 bits per heavy atom. The van der Waals surface area contributed by atoms with Crippen LogP contribution in [0.4, 0.5) is 15.8 Å². The molecule has 0 bridgehead atoms. The predicted octanol–water partition coefficient (Wildman–Crippen LogP) is 3.54. The van der Waals surface area contributed by atoms with Gasteiger partial charge in [-0.2, -0.15) is 5.11 Å². The van der Waals surface area contributed by atoms with Gasteiger partial charge in [-0.1, -0.05) is 35.9 Å². The van der Waals surface area contributed by atoms with Gasteiger partial charge in [0, 0.05) is 0 Å². The number of benzene rings is 2. The van der Waals surface area contributed by atoms with Crippen molar-refractivity contribution in [3.63, 3.8) is 0 Å². The van der Waals surface area contributed by atoms with E-state index in [-0.39, 0.29) is 5.02 Å². The van der Waals surface area contributed by atoms with Crippen molar-refractivity contribution >= 4 is 34.8 Å². The minimum atomic E-state index is -0.919. The molecule has 6 nitrogen and oxygen atoms in total. The molecule has 1 saturated heterocycles. The Hall–Kier alpha value is -2.80. The van der Waals surface area contributed by atoms with Gasteiger partial charge in [-0.05, 0) is 42.3 Å². The van der Waals surface area contributed by atoms with Crippen molar-refractivity contribution in [2.24, 2.45) is 10.3 Å². The molecular formula is C18H14ClFN4O2. The molecule has 0 spiro atoms. The number of hydrogen-bond acceptors (Lipinski definition) is 5. The summed E-state index contributed by atoms with van der Waals surface area (Å²) in [5.74, 6) is -1.42. The fourth-order valence-corrected chi connectivity index (χ4v) is 3.31. The second-order valence-electron chi connectivity index (χ2n) is 6.07. The van der Waals surface area contributed by atoms with Crippen LogP contribution in [0.1, 0.15) is 12.5 Å². The van der Waals surface area contributed by atoms with E-state index in [2.05, 4.69) is 10.3 Å². The van der Waals surface area contributed by atoms with Gasteiger partial charge in [-0.25, -0.2) is 14.3 Å². The SMILES string of the molecule is CCc1ccc(N2C(=O)[C@@H]3[C@@H](N=NN3c3ccc(F)c(Cl)c3)C2=O)cc1. The van der Waals surface area contributed by atoms with Crippen molar-refractivity contribution in [2.75, 3.05) is 9.91 Å². The van der Waals surface area contributed by atoms with E-state index in [1.807, 2.05) is 19.1 Å². The number of amides is 2. The molecule has 1 fully saturated rings. The Morgan fingerprint density at radius 2 is 1.77 bits per heavy atom. The van der Waals surface area contributed by atoms with Crippen LogP contribution < -0.4 is 9.91 Å². The Bertz CT molecular complexity index is 931. The second kappa shape index (κ2) is 6.17. The highest BCUT2D eigenvalue weighted by molar-refractivity contribution is 6.31. The Labute approximate surface area is 153 Å². The molecule has 2 atom stereocenters. The molecule has 0 radical (unpaired) electrons. The number of imide groups is 1. The van der Waals surface area contributed by atoms with Gasteiger partial charge in [0.25, 0.3) is 11.8 Å². The summed E-state index contributed by atoms with van der Waals surface area (Å²) in [4.78, 5) is 26.7. The van der Waals surface area contributed by atoms with Gasteiger partial charge in [-0.15, -0.1) is 0 Å². The highest BCUT2D eigenvalue weighted by Gasteiger charge is 2.55. The third kappa shape index (κ3) is 2.47. The van der Waals surface area contributed by atoms with E-state index in [0.717, 1.165) is 16.9 Å². The van der Waals surface area contributed by atoms with Crippen molar-refractivity contribution in [2.45, 2.75) is 25.4 Å². The standard InChI is InChI=1S/C18H14ClFN4O2/c1-2-10-3-5-11(6-4-10)23-17(25)15-16(18(23)26)24(22-21-15)12-7-8-14(20)13(19)9-12/h3-9,15-16H,2H2,1H3/t15-,16+/m1/s1. The summed E-state index contributed by atoms with van der Waals surface area (Å²) >= 11 is 5.82. The third-order valence-electron chi connectivity index (χ3n) is 4.55. The fraction of sp³-hybridized carbons (Fsp3) is 0.222. The molecular weight excluding hydrogens is 359 g/mol. The predicted molar refractivity (Wildman–Crippen MR) is 94.6 cm³/mol. The summed E-state index contributed by atoms with van der Waals surface area (Å²) in [6.07, 6.45) is 0.862. The van der Waals surface area contributed by atoms with Gasteiger partial charge in [-0.3, -0.25) is 9.59 Å². The molecule has 26 heavy (non-hydrogen) atoms. The van der Waals surface area contributed by atoms with Crippen LogP contribution in [0, 0.1) is 5.82 Å². The molecule has 4 rings (SSSR count). The van der Waals surface area contributed by atoms with Crippen LogP contribution in [0.25, 0.3) is 0 Å². The lowest BCUT2D eigenvalue weighted by atomic mass is 10.1. The van der Waals surface area contributed by atoms with E-state index >= 15 is 0 Å². The number of carbonyl (C=O) groups excluding carboxylic acids is 2. The van der Waals surface area contributed by atoms with Crippen LogP contribution in [0.15, 0.2) is 52.8 Å². The van der Waals surface area contributed by atoms with Crippen molar-refractivity contribution in [1.82, 2.24) is 0 Å². The number of halogens is 2. The molecule has 0 N–H and O–H groups in total. The van der Waals surface area contributed by atoms with Gasteiger partial charge < -0.3 is 0 Å². The number of nitrogens with zero attached hydrogens (tertiary/aromatic N) is 4. The lowest BCUT2D eigenvalue weighted by Crippen LogP contribution is -2.39. The lowest BCUT2D eigenvalue weighted by molar-refractivity contribution is -0.121. The quantitative estimate of drug-likeness (QED) is 0.774. The van der Waals surface area contributed by atoms with Gasteiger partial charge in [0.05, 0.1) is 16.4 Å². The van der Waals surface area contributed by atoms with E-state index in [0.29, 0.717) is 11.4 Å². The maximum atomic E-state index is 13.4. The molecule has 2 aromatic rings. The molecule has 0 aliphatic carbocycles. The number of fused-ring (bicyclic) bond motifs is 1. The van der Waals surface area contributed by atoms with Gasteiger partial charge >= 0.3 is 0 Å². The smallest absolute Gasteiger partial charge is 0.263 e. The molecule has 2 aliphatic rings. The van der Waals surface area contributed by atoms with Crippen LogP contribution in [0.3, 0.4) is 0 Å². The molecule has 8 heteroatoms. The minimum Gasteiger partial charge on any atom is -0.271 e. The second-order valence-corrected chi connectivity index (χ2v) is 6.48. The Kier molecular flexibility index (Phi) is 3.96. The monoisotopic (exact) mass is 372 g/mol. The number of hydrogen-bond donors (Lipinski definition) is 0. The zero-order chi connectivity index (χ0) is 18.4. The highest BCUT2D eigenvalue weighted by Crippen LogP contribution is 2.36. The van der Waals surface area contributed by atoms with Crippen LogP contribution in [0.5, 0.6) is 0 Å². The van der Waals surface area contributed by atoms with Crippen LogP contribution in [-0.4, -0.2) is 23.9 Å². The summed E-state index contributed by atoms with van der Waals surface area (Å²) < 4.78 is 13.4. The molecule has 132 valence electrons. The zero-order valence-corrected chi connectivity index (χ0v) is 14.5. The first-order valence-corrected chi connectivity index (χ1v) is 8.51. The molecule has 2 aliphatic heterocycles. The largest absolute Gasteiger partial charge is 0.271 e. The van der Waals surface area contributed by atoms with E-state index < -0.39 is 29.7 Å². The molecule has 0 unspecified atom stereocenters. The zero-order valence-electron chi connectivity index (χ0n) is 13.8. The van der Waals surface area contributed by atoms with Gasteiger partial charge in [0.1, 0.15) is 5.82 Å². The van der Waals surface area contributed by atoms with Crippen molar-refractivity contribution in [3.8, 4) is 0 Å². The summed E-state index contributed by atoms with van der Waals surface area (Å²) in [7, 11) is 0. The number of rotatable bonds is 3. The van der Waals surface area contributed by atoms with Crippen LogP contribution in [0.2, 0.25) is 5.02 Å². The van der Waals surface area contributed by atoms with E-state index in [1.165, 1.54) is 23.2 Å². The van der Waals surface area contributed by atoms with Gasteiger partial charge in [0.2, 0.25) is 0 Å². The van der Waals surface area contributed by atoms with Crippen molar-refractivity contribution in [3.05, 3.63) is 58.9 Å². The topological polar surface area (TPSA) is 65.3 Å². The van der Waals surface area contributed by atoms with E-state index in [4.69, 9.17) is 11.6 Å². The first-order valence-electron chi connectivity index (χ1n) is 8.13. The summed E-state index contributed by atoms with van der Waals surface area (Å²) in [6.45, 7) is 2.03. The average molecular weight is 373 g/mol.